The Hall–Kier alpha value is -1.75. The van der Waals surface area contributed by atoms with Gasteiger partial charge in [-0.1, -0.05) is 25.4 Å². The summed E-state index contributed by atoms with van der Waals surface area (Å²) < 4.78 is 5.43. The highest BCUT2D eigenvalue weighted by Gasteiger charge is 2.26. The molecule has 0 saturated heterocycles. The van der Waals surface area contributed by atoms with Crippen molar-refractivity contribution in [2.75, 3.05) is 0 Å². The molecule has 0 aromatic heterocycles. The summed E-state index contributed by atoms with van der Waals surface area (Å²) in [4.78, 5) is 22.9. The molecule has 0 aliphatic carbocycles. The van der Waals surface area contributed by atoms with E-state index in [2.05, 4.69) is 5.32 Å². The number of nitrogens with one attached hydrogen (secondary N) is 1. The minimum absolute atomic E-state index is 0.209. The molecule has 1 aromatic rings. The Balaban J connectivity index is 2.62. The van der Waals surface area contributed by atoms with Crippen molar-refractivity contribution in [3.63, 3.8) is 0 Å². The van der Waals surface area contributed by atoms with Crippen LogP contribution in [0.2, 0.25) is 5.02 Å². The maximum absolute atomic E-state index is 11.9. The number of hydrogen-bond donors (Lipinski definition) is 2. The largest absolute Gasteiger partial charge is 0.481 e. The average molecular weight is 300 g/mol. The van der Waals surface area contributed by atoms with Crippen LogP contribution in [0.4, 0.5) is 0 Å². The van der Waals surface area contributed by atoms with Gasteiger partial charge in [-0.3, -0.25) is 4.79 Å². The molecule has 0 aliphatic heterocycles. The lowest BCUT2D eigenvalue weighted by Crippen LogP contribution is -2.48. The molecule has 5 nitrogen and oxygen atoms in total. The zero-order chi connectivity index (χ0) is 15.3. The van der Waals surface area contributed by atoms with E-state index in [1.54, 1.807) is 45.0 Å². The third kappa shape index (κ3) is 4.74. The first-order valence-corrected chi connectivity index (χ1v) is 6.64. The van der Waals surface area contributed by atoms with E-state index in [9.17, 15) is 9.59 Å². The summed E-state index contributed by atoms with van der Waals surface area (Å²) in [5.74, 6) is -1.25. The highest BCUT2D eigenvalue weighted by atomic mass is 35.5. The van der Waals surface area contributed by atoms with Gasteiger partial charge < -0.3 is 15.2 Å². The van der Waals surface area contributed by atoms with Crippen LogP contribution >= 0.6 is 11.6 Å². The van der Waals surface area contributed by atoms with E-state index in [0.29, 0.717) is 10.8 Å². The average Bonchev–Trinajstić information content (AvgIpc) is 2.37. The standard InChI is InChI=1S/C14H18ClNO4/c1-8(2)12(14(18)19)16-13(17)9(3)20-11-6-4-10(15)5-7-11/h4-9,12H,1-3H3,(H,16,17)(H,18,19). The number of benzene rings is 1. The van der Waals surface area contributed by atoms with E-state index < -0.39 is 24.0 Å². The van der Waals surface area contributed by atoms with Crippen LogP contribution in [0.3, 0.4) is 0 Å². The summed E-state index contributed by atoms with van der Waals surface area (Å²) in [7, 11) is 0. The molecule has 0 spiro atoms. The molecular weight excluding hydrogens is 282 g/mol. The maximum Gasteiger partial charge on any atom is 0.326 e. The summed E-state index contributed by atoms with van der Waals surface area (Å²) in [5, 5.41) is 12.1. The number of carbonyl (C=O) groups is 2. The topological polar surface area (TPSA) is 75.6 Å². The Morgan fingerprint density at radius 2 is 1.75 bits per heavy atom. The molecule has 2 atom stereocenters. The fourth-order valence-corrected chi connectivity index (χ4v) is 1.68. The normalized spacial score (nSPS) is 13.7. The molecule has 2 unspecified atom stereocenters. The number of rotatable bonds is 6. The van der Waals surface area contributed by atoms with Crippen LogP contribution in [0, 0.1) is 5.92 Å². The van der Waals surface area contributed by atoms with Crippen molar-refractivity contribution in [2.45, 2.75) is 32.9 Å². The molecule has 0 bridgehead atoms. The second-order valence-electron chi connectivity index (χ2n) is 4.78. The molecule has 20 heavy (non-hydrogen) atoms. The molecule has 0 fully saturated rings. The van der Waals surface area contributed by atoms with E-state index >= 15 is 0 Å². The van der Waals surface area contributed by atoms with Crippen molar-refractivity contribution in [2.24, 2.45) is 5.92 Å². The van der Waals surface area contributed by atoms with Gasteiger partial charge in [-0.15, -0.1) is 0 Å². The SMILES string of the molecule is CC(Oc1ccc(Cl)cc1)C(=O)NC(C(=O)O)C(C)C. The lowest BCUT2D eigenvalue weighted by Gasteiger charge is -2.21. The van der Waals surface area contributed by atoms with Crippen LogP contribution in [0.1, 0.15) is 20.8 Å². The van der Waals surface area contributed by atoms with E-state index in [-0.39, 0.29) is 5.92 Å². The van der Waals surface area contributed by atoms with Crippen LogP contribution < -0.4 is 10.1 Å². The predicted octanol–water partition coefficient (Wildman–Crippen LogP) is 2.33. The van der Waals surface area contributed by atoms with Gasteiger partial charge in [-0.2, -0.15) is 0 Å². The summed E-state index contributed by atoms with van der Waals surface area (Å²) in [5.41, 5.74) is 0. The van der Waals surface area contributed by atoms with Crippen molar-refractivity contribution in [1.82, 2.24) is 5.32 Å². The molecule has 2 N–H and O–H groups in total. The van der Waals surface area contributed by atoms with Crippen molar-refractivity contribution in [3.8, 4) is 5.75 Å². The Labute approximate surface area is 122 Å². The second-order valence-corrected chi connectivity index (χ2v) is 5.22. The molecule has 1 aromatic carbocycles. The van der Waals surface area contributed by atoms with Crippen LogP contribution in [0.5, 0.6) is 5.75 Å². The molecule has 0 radical (unpaired) electrons. The number of aliphatic carboxylic acids is 1. The van der Waals surface area contributed by atoms with Gasteiger partial charge in [0.25, 0.3) is 5.91 Å². The molecule has 6 heteroatoms. The van der Waals surface area contributed by atoms with Gasteiger partial charge in [0.05, 0.1) is 0 Å². The fraction of sp³-hybridized carbons (Fsp3) is 0.429. The Kier molecular flexibility index (Phi) is 5.82. The summed E-state index contributed by atoms with van der Waals surface area (Å²) >= 11 is 5.75. The van der Waals surface area contributed by atoms with Gasteiger partial charge in [0.2, 0.25) is 0 Å². The maximum atomic E-state index is 11.9. The molecule has 0 heterocycles. The van der Waals surface area contributed by atoms with E-state index in [0.717, 1.165) is 0 Å². The minimum Gasteiger partial charge on any atom is -0.481 e. The highest BCUT2D eigenvalue weighted by molar-refractivity contribution is 6.30. The monoisotopic (exact) mass is 299 g/mol. The van der Waals surface area contributed by atoms with Gasteiger partial charge in [-0.25, -0.2) is 4.79 Å². The highest BCUT2D eigenvalue weighted by Crippen LogP contribution is 2.17. The molecule has 0 saturated carbocycles. The van der Waals surface area contributed by atoms with E-state index in [1.165, 1.54) is 0 Å². The van der Waals surface area contributed by atoms with Crippen LogP contribution in [-0.2, 0) is 9.59 Å². The molecule has 110 valence electrons. The third-order valence-electron chi connectivity index (χ3n) is 2.73. The lowest BCUT2D eigenvalue weighted by molar-refractivity contribution is -0.144. The number of carboxylic acid groups (broad SMARTS) is 1. The smallest absolute Gasteiger partial charge is 0.326 e. The summed E-state index contributed by atoms with van der Waals surface area (Å²) in [6, 6.07) is 5.65. The molecular formula is C14H18ClNO4. The van der Waals surface area contributed by atoms with Gasteiger partial charge in [0.15, 0.2) is 6.10 Å². The second kappa shape index (κ2) is 7.14. The zero-order valence-corrected chi connectivity index (χ0v) is 12.3. The summed E-state index contributed by atoms with van der Waals surface area (Å²) in [6.45, 7) is 5.01. The lowest BCUT2D eigenvalue weighted by atomic mass is 10.0. The summed E-state index contributed by atoms with van der Waals surface area (Å²) in [6.07, 6.45) is -0.795. The van der Waals surface area contributed by atoms with E-state index in [4.69, 9.17) is 21.4 Å². The van der Waals surface area contributed by atoms with E-state index in [1.807, 2.05) is 0 Å². The number of halogens is 1. The number of carboxylic acids is 1. The van der Waals surface area contributed by atoms with Crippen LogP contribution in [-0.4, -0.2) is 29.1 Å². The first kappa shape index (κ1) is 16.3. The van der Waals surface area contributed by atoms with Crippen molar-refractivity contribution in [3.05, 3.63) is 29.3 Å². The number of carbonyl (C=O) groups excluding carboxylic acids is 1. The number of ether oxygens (including phenoxy) is 1. The van der Waals surface area contributed by atoms with Gasteiger partial charge in [-0.05, 0) is 37.1 Å². The quantitative estimate of drug-likeness (QED) is 0.845. The fourth-order valence-electron chi connectivity index (χ4n) is 1.55. The Bertz CT molecular complexity index is 473. The third-order valence-corrected chi connectivity index (χ3v) is 2.98. The van der Waals surface area contributed by atoms with Crippen molar-refractivity contribution >= 4 is 23.5 Å². The van der Waals surface area contributed by atoms with Crippen LogP contribution in [0.25, 0.3) is 0 Å². The van der Waals surface area contributed by atoms with Crippen molar-refractivity contribution in [1.29, 1.82) is 0 Å². The molecule has 1 rings (SSSR count). The Morgan fingerprint density at radius 3 is 2.20 bits per heavy atom. The van der Waals surface area contributed by atoms with Gasteiger partial charge >= 0.3 is 5.97 Å². The minimum atomic E-state index is -1.06. The van der Waals surface area contributed by atoms with Crippen LogP contribution in [0.15, 0.2) is 24.3 Å². The first-order valence-electron chi connectivity index (χ1n) is 6.26. The van der Waals surface area contributed by atoms with Gasteiger partial charge in [0.1, 0.15) is 11.8 Å². The van der Waals surface area contributed by atoms with Crippen molar-refractivity contribution < 1.29 is 19.4 Å². The first-order chi connectivity index (χ1) is 9.31. The number of amides is 1. The number of hydrogen-bond acceptors (Lipinski definition) is 3. The van der Waals surface area contributed by atoms with Gasteiger partial charge in [0, 0.05) is 5.02 Å². The molecule has 1 amide bonds. The zero-order valence-electron chi connectivity index (χ0n) is 11.6. The Morgan fingerprint density at radius 1 is 1.20 bits per heavy atom. The predicted molar refractivity (Wildman–Crippen MR) is 75.9 cm³/mol. The molecule has 0 aliphatic rings.